The van der Waals surface area contributed by atoms with Gasteiger partial charge in [-0.05, 0) is 48.1 Å². The molecule has 0 radical (unpaired) electrons. The zero-order chi connectivity index (χ0) is 19.0. The fourth-order valence-corrected chi connectivity index (χ4v) is 3.42. The largest absolute Gasteiger partial charge is 0.487 e. The van der Waals surface area contributed by atoms with Gasteiger partial charge in [0.2, 0.25) is 5.89 Å². The number of aromatic nitrogens is 3. The maximum Gasteiger partial charge on any atom is 0.218 e. The Balaban J connectivity index is 1.23. The molecule has 5 nitrogen and oxygen atoms in total. The number of benzene rings is 1. The van der Waals surface area contributed by atoms with Crippen LogP contribution in [0.15, 0.2) is 71.2 Å². The molecule has 0 aliphatic heterocycles. The van der Waals surface area contributed by atoms with Crippen LogP contribution in [-0.2, 0) is 19.6 Å². The highest BCUT2D eigenvalue weighted by atomic mass is 32.1. The van der Waals surface area contributed by atoms with Gasteiger partial charge in [-0.25, -0.2) is 9.97 Å². The fraction of sp³-hybridized carbons (Fsp3) is 0.182. The molecule has 0 atom stereocenters. The van der Waals surface area contributed by atoms with Crippen molar-refractivity contribution in [1.29, 1.82) is 0 Å². The molecule has 3 heterocycles. The van der Waals surface area contributed by atoms with Crippen LogP contribution in [0.2, 0.25) is 0 Å². The number of hydrogen-bond acceptors (Lipinski definition) is 5. The second-order valence-corrected chi connectivity index (χ2v) is 7.34. The van der Waals surface area contributed by atoms with Crippen LogP contribution in [-0.4, -0.2) is 14.5 Å². The number of oxazole rings is 1. The van der Waals surface area contributed by atoms with E-state index in [0.717, 1.165) is 30.8 Å². The highest BCUT2D eigenvalue weighted by Gasteiger charge is 2.03. The first-order valence-electron chi connectivity index (χ1n) is 9.19. The molecule has 1 aromatic carbocycles. The van der Waals surface area contributed by atoms with Crippen LogP contribution in [0.1, 0.15) is 28.4 Å². The molecule has 0 aliphatic carbocycles. The van der Waals surface area contributed by atoms with E-state index in [1.54, 1.807) is 17.6 Å². The highest BCUT2D eigenvalue weighted by molar-refractivity contribution is 7.10. The number of aryl methyl sites for hydroxylation is 2. The lowest BCUT2D eigenvalue weighted by Gasteiger charge is -2.06. The molecular formula is C22H21N3O2S. The third-order valence-electron chi connectivity index (χ3n) is 4.25. The summed E-state index contributed by atoms with van der Waals surface area (Å²) in [7, 11) is 0. The van der Waals surface area contributed by atoms with Crippen LogP contribution in [0.5, 0.6) is 5.75 Å². The molecule has 0 saturated heterocycles. The van der Waals surface area contributed by atoms with Crippen molar-refractivity contribution in [1.82, 2.24) is 14.5 Å². The third kappa shape index (κ3) is 5.20. The number of hydrogen-bond donors (Lipinski definition) is 0. The summed E-state index contributed by atoms with van der Waals surface area (Å²) >= 11 is 1.68. The van der Waals surface area contributed by atoms with Gasteiger partial charge in [-0.15, -0.1) is 11.3 Å². The van der Waals surface area contributed by atoms with Crippen LogP contribution in [0, 0.1) is 0 Å². The van der Waals surface area contributed by atoms with Gasteiger partial charge in [-0.2, -0.15) is 0 Å². The second-order valence-electron chi connectivity index (χ2n) is 6.36. The smallest absolute Gasteiger partial charge is 0.218 e. The van der Waals surface area contributed by atoms with Gasteiger partial charge in [0.1, 0.15) is 24.3 Å². The number of rotatable bonds is 9. The molecule has 0 amide bonds. The van der Waals surface area contributed by atoms with Crippen molar-refractivity contribution in [3.8, 4) is 5.75 Å². The van der Waals surface area contributed by atoms with Crippen LogP contribution < -0.4 is 4.74 Å². The van der Waals surface area contributed by atoms with Crippen LogP contribution in [0.25, 0.3) is 12.2 Å². The van der Waals surface area contributed by atoms with Crippen LogP contribution in [0.3, 0.4) is 0 Å². The Bertz CT molecular complexity index is 987. The Morgan fingerprint density at radius 3 is 2.86 bits per heavy atom. The number of thiophene rings is 1. The van der Waals surface area contributed by atoms with Crippen molar-refractivity contribution >= 4 is 23.5 Å². The maximum absolute atomic E-state index is 5.82. The Morgan fingerprint density at radius 2 is 2.07 bits per heavy atom. The van der Waals surface area contributed by atoms with Crippen molar-refractivity contribution in [2.75, 3.05) is 0 Å². The predicted molar refractivity (Wildman–Crippen MR) is 111 cm³/mol. The Kier molecular flexibility index (Phi) is 5.99. The third-order valence-corrected chi connectivity index (χ3v) is 5.09. The van der Waals surface area contributed by atoms with Gasteiger partial charge in [-0.3, -0.25) is 0 Å². The van der Waals surface area contributed by atoms with E-state index in [4.69, 9.17) is 9.15 Å². The molecule has 4 aromatic rings. The summed E-state index contributed by atoms with van der Waals surface area (Å²) in [5.74, 6) is 1.41. The van der Waals surface area contributed by atoms with E-state index < -0.39 is 0 Å². The van der Waals surface area contributed by atoms with E-state index in [2.05, 4.69) is 32.7 Å². The van der Waals surface area contributed by atoms with Crippen LogP contribution >= 0.6 is 11.3 Å². The van der Waals surface area contributed by atoms with Gasteiger partial charge in [0, 0.05) is 29.9 Å². The lowest BCUT2D eigenvalue weighted by atomic mass is 10.1. The maximum atomic E-state index is 5.82. The minimum atomic E-state index is 0.385. The lowest BCUT2D eigenvalue weighted by Crippen LogP contribution is -1.98. The summed E-state index contributed by atoms with van der Waals surface area (Å²) in [4.78, 5) is 9.65. The SMILES string of the molecule is C(=Cc1cccs1)c1nc(COc2ccc(CCCn3ccnc3)cc2)co1. The Morgan fingerprint density at radius 1 is 1.14 bits per heavy atom. The molecule has 6 heteroatoms. The second kappa shape index (κ2) is 9.19. The van der Waals surface area contributed by atoms with Crippen LogP contribution in [0.4, 0.5) is 0 Å². The number of ether oxygens (including phenoxy) is 1. The van der Waals surface area contributed by atoms with Crippen molar-refractivity contribution in [2.45, 2.75) is 26.0 Å². The van der Waals surface area contributed by atoms with E-state index >= 15 is 0 Å². The molecule has 0 bridgehead atoms. The monoisotopic (exact) mass is 391 g/mol. The normalized spacial score (nSPS) is 11.3. The van der Waals surface area contributed by atoms with E-state index in [0.29, 0.717) is 12.5 Å². The average Bonchev–Trinajstić information content (AvgIpc) is 3.48. The van der Waals surface area contributed by atoms with Gasteiger partial charge >= 0.3 is 0 Å². The van der Waals surface area contributed by atoms with Crippen molar-refractivity contribution < 1.29 is 9.15 Å². The van der Waals surface area contributed by atoms with Gasteiger partial charge in [0.25, 0.3) is 0 Å². The minimum absolute atomic E-state index is 0.385. The molecule has 0 aliphatic rings. The molecule has 0 saturated carbocycles. The molecule has 4 rings (SSSR count). The quantitative estimate of drug-likeness (QED) is 0.388. The van der Waals surface area contributed by atoms with Gasteiger partial charge < -0.3 is 13.7 Å². The summed E-state index contributed by atoms with van der Waals surface area (Å²) in [6, 6.07) is 12.3. The standard InChI is InChI=1S/C22H21N3O2S/c1(12-25-13-11-23-17-25)3-18-5-7-20(8-6-18)26-15-19-16-27-22(24-19)10-9-21-4-2-14-28-21/h2,4-11,13-14,16-17H,1,3,12,15H2. The summed E-state index contributed by atoms with van der Waals surface area (Å²) in [5.41, 5.74) is 2.07. The molecule has 0 fully saturated rings. The van der Waals surface area contributed by atoms with Gasteiger partial charge in [0.15, 0.2) is 0 Å². The molecule has 3 aromatic heterocycles. The zero-order valence-corrected chi connectivity index (χ0v) is 16.2. The zero-order valence-electron chi connectivity index (χ0n) is 15.4. The van der Waals surface area contributed by atoms with Crippen molar-refractivity contribution in [3.05, 3.63) is 88.8 Å². The molecular weight excluding hydrogens is 370 g/mol. The van der Waals surface area contributed by atoms with E-state index in [1.165, 1.54) is 10.4 Å². The van der Waals surface area contributed by atoms with Crippen molar-refractivity contribution in [3.63, 3.8) is 0 Å². The van der Waals surface area contributed by atoms with Gasteiger partial charge in [0.05, 0.1) is 6.33 Å². The summed E-state index contributed by atoms with van der Waals surface area (Å²) < 4.78 is 13.4. The first kappa shape index (κ1) is 18.3. The molecule has 28 heavy (non-hydrogen) atoms. The van der Waals surface area contributed by atoms with Crippen molar-refractivity contribution in [2.24, 2.45) is 0 Å². The van der Waals surface area contributed by atoms with E-state index in [9.17, 15) is 0 Å². The summed E-state index contributed by atoms with van der Waals surface area (Å²) in [5, 5.41) is 2.04. The first-order chi connectivity index (χ1) is 13.8. The average molecular weight is 391 g/mol. The predicted octanol–water partition coefficient (Wildman–Crippen LogP) is 5.31. The number of imidazole rings is 1. The Hall–Kier alpha value is -3.12. The molecule has 0 N–H and O–H groups in total. The summed E-state index contributed by atoms with van der Waals surface area (Å²) in [6.07, 6.45) is 13.3. The highest BCUT2D eigenvalue weighted by Crippen LogP contribution is 2.17. The minimum Gasteiger partial charge on any atom is -0.487 e. The van der Waals surface area contributed by atoms with E-state index in [1.807, 2.05) is 54.5 Å². The number of nitrogens with zero attached hydrogens (tertiary/aromatic N) is 3. The fourth-order valence-electron chi connectivity index (χ4n) is 2.80. The molecule has 0 unspecified atom stereocenters. The Labute approximate surface area is 168 Å². The van der Waals surface area contributed by atoms with Gasteiger partial charge in [-0.1, -0.05) is 18.2 Å². The topological polar surface area (TPSA) is 53.1 Å². The first-order valence-corrected chi connectivity index (χ1v) is 10.1. The summed E-state index contributed by atoms with van der Waals surface area (Å²) in [6.45, 7) is 1.37. The molecule has 142 valence electrons. The lowest BCUT2D eigenvalue weighted by molar-refractivity contribution is 0.301. The van der Waals surface area contributed by atoms with E-state index in [-0.39, 0.29) is 0 Å². The molecule has 0 spiro atoms.